The molecule has 3 aliphatic rings. The Labute approximate surface area is 319 Å². The summed E-state index contributed by atoms with van der Waals surface area (Å²) in [4.78, 5) is 52.6. The Morgan fingerprint density at radius 2 is 1.91 bits per heavy atom. The molecule has 0 aromatic carbocycles. The number of epoxide rings is 1. The van der Waals surface area contributed by atoms with E-state index in [1.54, 1.807) is 19.2 Å². The molecule has 14 nitrogen and oxygen atoms in total. The molecule has 10 unspecified atom stereocenters. The molecule has 4 N–H and O–H groups in total. The molecule has 0 aliphatic carbocycles. The van der Waals surface area contributed by atoms with Gasteiger partial charge in [0, 0.05) is 30.9 Å². The van der Waals surface area contributed by atoms with E-state index in [-0.39, 0.29) is 48.4 Å². The van der Waals surface area contributed by atoms with E-state index in [0.717, 1.165) is 17.0 Å². The van der Waals surface area contributed by atoms with Crippen LogP contribution in [-0.4, -0.2) is 101 Å². The van der Waals surface area contributed by atoms with Gasteiger partial charge in [-0.25, -0.2) is 15.2 Å². The number of esters is 1. The summed E-state index contributed by atoms with van der Waals surface area (Å²) in [6.07, 6.45) is 8.38. The van der Waals surface area contributed by atoms with E-state index in [9.17, 15) is 24.3 Å². The molecule has 3 aliphatic heterocycles. The summed E-state index contributed by atoms with van der Waals surface area (Å²) in [5, 5.41) is 14.9. The molecule has 10 atom stereocenters. The Hall–Kier alpha value is -3.41. The molecule has 292 valence electrons. The van der Waals surface area contributed by atoms with Crippen molar-refractivity contribution in [2.45, 2.75) is 126 Å². The Kier molecular flexibility index (Phi) is 16.2. The van der Waals surface area contributed by atoms with Gasteiger partial charge in [0.1, 0.15) is 35.5 Å². The number of hydrogen-bond donors (Lipinski definition) is 4. The third kappa shape index (κ3) is 14.1. The average molecular weight is 777 g/mol. The van der Waals surface area contributed by atoms with Gasteiger partial charge in [-0.15, -0.1) is 0 Å². The van der Waals surface area contributed by atoms with Crippen molar-refractivity contribution < 1.29 is 48.0 Å². The van der Waals surface area contributed by atoms with E-state index < -0.39 is 48.0 Å². The fourth-order valence-electron chi connectivity index (χ4n) is 6.05. The van der Waals surface area contributed by atoms with E-state index in [0.29, 0.717) is 19.4 Å². The van der Waals surface area contributed by atoms with Crippen LogP contribution in [-0.2, 0) is 38.1 Å². The van der Waals surface area contributed by atoms with Crippen molar-refractivity contribution in [1.29, 1.82) is 0 Å². The molecular formula is C37H52N4O10S2. The van der Waals surface area contributed by atoms with Gasteiger partial charge in [-0.2, -0.15) is 0 Å². The first-order chi connectivity index (χ1) is 25.2. The lowest BCUT2D eigenvalue weighted by molar-refractivity contribution is -0.146. The van der Waals surface area contributed by atoms with Crippen LogP contribution in [0.5, 0.6) is 0 Å². The number of aliphatic hydroxyl groups excluding tert-OH is 1. The quantitative estimate of drug-likeness (QED) is 0.0493. The highest BCUT2D eigenvalue weighted by molar-refractivity contribution is 8.76. The van der Waals surface area contributed by atoms with Crippen molar-refractivity contribution in [2.24, 2.45) is 5.92 Å². The molecule has 4 rings (SSSR count). The van der Waals surface area contributed by atoms with Crippen molar-refractivity contribution >= 4 is 45.5 Å². The third-order valence-electron chi connectivity index (χ3n) is 9.03. The SMILES string of the molecule is CC(=O)OC(C)C=CC(=O)NC1CC(C)C(CC=C(C)C=CC2OC(CC(=O)NNC(=O)OCC(C)SSc3ccccn3)CC3(CO3)C2O)OC1C. The second-order valence-electron chi connectivity index (χ2n) is 13.8. The summed E-state index contributed by atoms with van der Waals surface area (Å²) in [6.45, 7) is 11.4. The summed E-state index contributed by atoms with van der Waals surface area (Å²) in [6, 6.07) is 5.48. The van der Waals surface area contributed by atoms with Crippen LogP contribution in [0.2, 0.25) is 0 Å². The van der Waals surface area contributed by atoms with Crippen LogP contribution in [0.25, 0.3) is 0 Å². The largest absolute Gasteiger partial charge is 0.459 e. The van der Waals surface area contributed by atoms with Crippen LogP contribution >= 0.6 is 21.6 Å². The first-order valence-corrected chi connectivity index (χ1v) is 20.0. The number of carbonyl (C=O) groups is 4. The number of aromatic nitrogens is 1. The Morgan fingerprint density at radius 3 is 2.60 bits per heavy atom. The number of ether oxygens (including phenoxy) is 5. The van der Waals surface area contributed by atoms with Gasteiger partial charge in [-0.05, 0) is 75.5 Å². The molecule has 0 saturated carbocycles. The molecule has 3 fully saturated rings. The zero-order valence-electron chi connectivity index (χ0n) is 31.0. The highest BCUT2D eigenvalue weighted by Crippen LogP contribution is 2.43. The third-order valence-corrected chi connectivity index (χ3v) is 11.8. The minimum Gasteiger partial charge on any atom is -0.459 e. The van der Waals surface area contributed by atoms with Gasteiger partial charge in [-0.1, -0.05) is 47.6 Å². The van der Waals surface area contributed by atoms with Gasteiger partial charge in [0.15, 0.2) is 0 Å². The number of aliphatic hydroxyl groups is 1. The number of pyridine rings is 1. The topological polar surface area (TPSA) is 187 Å². The van der Waals surface area contributed by atoms with Gasteiger partial charge in [0.2, 0.25) is 11.8 Å². The predicted octanol–water partition coefficient (Wildman–Crippen LogP) is 4.34. The smallest absolute Gasteiger partial charge is 0.426 e. The minimum absolute atomic E-state index is 0.00879. The molecule has 0 radical (unpaired) electrons. The van der Waals surface area contributed by atoms with E-state index in [4.69, 9.17) is 23.7 Å². The van der Waals surface area contributed by atoms with Crippen LogP contribution in [0, 0.1) is 5.92 Å². The van der Waals surface area contributed by atoms with Gasteiger partial charge in [0.05, 0.1) is 37.4 Å². The van der Waals surface area contributed by atoms with Crippen LogP contribution < -0.4 is 16.2 Å². The molecule has 1 aromatic heterocycles. The lowest BCUT2D eigenvalue weighted by Gasteiger charge is -2.39. The van der Waals surface area contributed by atoms with Gasteiger partial charge < -0.3 is 34.1 Å². The number of nitrogens with one attached hydrogen (secondary N) is 3. The maximum absolute atomic E-state index is 12.7. The summed E-state index contributed by atoms with van der Waals surface area (Å²) >= 11 is 0. The van der Waals surface area contributed by atoms with E-state index in [1.807, 2.05) is 45.0 Å². The summed E-state index contributed by atoms with van der Waals surface area (Å²) in [7, 11) is 3.01. The maximum atomic E-state index is 12.7. The summed E-state index contributed by atoms with van der Waals surface area (Å²) in [5.41, 5.74) is 4.82. The fraction of sp³-hybridized carbons (Fsp3) is 0.595. The number of allylic oxidation sites excluding steroid dienone is 2. The highest BCUT2D eigenvalue weighted by atomic mass is 33.1. The van der Waals surface area contributed by atoms with Crippen LogP contribution in [0.15, 0.2) is 65.4 Å². The number of nitrogens with zero attached hydrogens (tertiary/aromatic N) is 1. The normalized spacial score (nSPS) is 29.7. The van der Waals surface area contributed by atoms with Gasteiger partial charge in [-0.3, -0.25) is 19.8 Å². The van der Waals surface area contributed by atoms with Crippen LogP contribution in [0.3, 0.4) is 0 Å². The molecule has 4 heterocycles. The second kappa shape index (κ2) is 20.3. The number of carbonyl (C=O) groups excluding carboxylic acids is 4. The van der Waals surface area contributed by atoms with E-state index >= 15 is 0 Å². The first kappa shape index (κ1) is 42.3. The molecule has 1 aromatic rings. The van der Waals surface area contributed by atoms with Gasteiger partial charge >= 0.3 is 12.1 Å². The zero-order valence-corrected chi connectivity index (χ0v) is 32.7. The highest BCUT2D eigenvalue weighted by Gasteiger charge is 2.58. The van der Waals surface area contributed by atoms with Crippen molar-refractivity contribution in [3.05, 3.63) is 60.3 Å². The minimum atomic E-state index is -0.899. The van der Waals surface area contributed by atoms with Crippen molar-refractivity contribution in [2.75, 3.05) is 13.2 Å². The maximum Gasteiger partial charge on any atom is 0.426 e. The molecule has 1 spiro atoms. The Bertz CT molecular complexity index is 1490. The summed E-state index contributed by atoms with van der Waals surface area (Å²) in [5.74, 6) is -0.966. The summed E-state index contributed by atoms with van der Waals surface area (Å²) < 4.78 is 28.3. The molecular weight excluding hydrogens is 725 g/mol. The molecule has 3 saturated heterocycles. The predicted molar refractivity (Wildman–Crippen MR) is 200 cm³/mol. The number of hydrazine groups is 1. The molecule has 16 heteroatoms. The lowest BCUT2D eigenvalue weighted by Crippen LogP contribution is -2.51. The molecule has 3 amide bonds. The molecule has 53 heavy (non-hydrogen) atoms. The van der Waals surface area contributed by atoms with E-state index in [2.05, 4.69) is 34.2 Å². The van der Waals surface area contributed by atoms with Crippen molar-refractivity contribution in [3.8, 4) is 0 Å². The number of amides is 3. The standard InChI is InChI=1S/C37H52N4O10S2/c1-22(10-13-30-23(2)17-29(26(5)50-30)39-32(43)15-12-24(3)49-27(6)42)11-14-31-35(45)37(21-48-37)19-28(51-31)18-33(44)40-41-36(46)47-20-25(4)52-53-34-9-7-8-16-38-34/h7-12,14-16,23-26,28-31,35,45H,13,17-21H2,1-6H3,(H,39,43)(H,40,44)(H,41,46). The van der Waals surface area contributed by atoms with Crippen molar-refractivity contribution in [3.63, 3.8) is 0 Å². The molecule has 0 bridgehead atoms. The first-order valence-electron chi connectivity index (χ1n) is 17.8. The number of hydrogen-bond acceptors (Lipinski definition) is 13. The lowest BCUT2D eigenvalue weighted by atomic mass is 9.87. The monoisotopic (exact) mass is 776 g/mol. The Morgan fingerprint density at radius 1 is 1.13 bits per heavy atom. The fourth-order valence-corrected chi connectivity index (χ4v) is 7.93. The van der Waals surface area contributed by atoms with Crippen molar-refractivity contribution in [1.82, 2.24) is 21.2 Å². The van der Waals surface area contributed by atoms with Crippen LogP contribution in [0.1, 0.15) is 67.2 Å². The van der Waals surface area contributed by atoms with Crippen LogP contribution in [0.4, 0.5) is 4.79 Å². The number of rotatable bonds is 15. The van der Waals surface area contributed by atoms with E-state index in [1.165, 1.54) is 40.7 Å². The van der Waals surface area contributed by atoms with Gasteiger partial charge in [0.25, 0.3) is 0 Å². The second-order valence-corrected chi connectivity index (χ2v) is 16.4. The Balaban J connectivity index is 1.18. The zero-order chi connectivity index (χ0) is 38.5. The average Bonchev–Trinajstić information content (AvgIpc) is 3.89.